The summed E-state index contributed by atoms with van der Waals surface area (Å²) in [4.78, 5) is 0. The smallest absolute Gasteiger partial charge is 0.0649 e. The molecule has 0 aliphatic heterocycles. The van der Waals surface area contributed by atoms with Crippen LogP contribution in [-0.2, 0) is 4.74 Å². The van der Waals surface area contributed by atoms with Crippen LogP contribution in [0.2, 0.25) is 0 Å². The van der Waals surface area contributed by atoms with Gasteiger partial charge in [-0.1, -0.05) is 67.0 Å². The minimum Gasteiger partial charge on any atom is -0.381 e. The Morgan fingerprint density at radius 3 is 2.55 bits per heavy atom. The van der Waals surface area contributed by atoms with Gasteiger partial charge >= 0.3 is 0 Å². The van der Waals surface area contributed by atoms with Gasteiger partial charge in [0.1, 0.15) is 0 Å². The molecule has 0 aromatic heterocycles. The van der Waals surface area contributed by atoms with E-state index in [1.807, 2.05) is 0 Å². The van der Waals surface area contributed by atoms with Crippen LogP contribution in [0.4, 0.5) is 0 Å². The van der Waals surface area contributed by atoms with Crippen LogP contribution in [0.25, 0.3) is 0 Å². The van der Waals surface area contributed by atoms with Crippen molar-refractivity contribution in [2.75, 3.05) is 13.7 Å². The van der Waals surface area contributed by atoms with Gasteiger partial charge in [-0.25, -0.2) is 0 Å². The van der Waals surface area contributed by atoms with Gasteiger partial charge in [0.05, 0.1) is 6.61 Å². The van der Waals surface area contributed by atoms with Gasteiger partial charge < -0.3 is 4.74 Å². The van der Waals surface area contributed by atoms with Crippen LogP contribution in [0.3, 0.4) is 0 Å². The summed E-state index contributed by atoms with van der Waals surface area (Å²) in [6, 6.07) is 0. The summed E-state index contributed by atoms with van der Waals surface area (Å²) in [5.41, 5.74) is 5.88. The Labute approximate surface area is 137 Å². The Morgan fingerprint density at radius 1 is 1.18 bits per heavy atom. The highest BCUT2D eigenvalue weighted by Gasteiger charge is 2.26. The molecule has 0 fully saturated rings. The lowest BCUT2D eigenvalue weighted by molar-refractivity contribution is 0.233. The van der Waals surface area contributed by atoms with Crippen molar-refractivity contribution >= 4 is 0 Å². The third-order valence-corrected chi connectivity index (χ3v) is 4.35. The molecule has 0 bridgehead atoms. The highest BCUT2D eigenvalue weighted by Crippen LogP contribution is 2.40. The first-order valence-electron chi connectivity index (χ1n) is 8.26. The normalized spacial score (nSPS) is 20.5. The van der Waals surface area contributed by atoms with Crippen LogP contribution in [0.1, 0.15) is 53.9 Å². The molecular formula is C21H32O. The Morgan fingerprint density at radius 2 is 1.91 bits per heavy atom. The number of hydrogen-bond donors (Lipinski definition) is 0. The molecule has 0 aromatic rings. The summed E-state index contributed by atoms with van der Waals surface area (Å²) in [5, 5.41) is 0. The number of hydrogen-bond acceptors (Lipinski definition) is 1. The van der Waals surface area contributed by atoms with E-state index in [2.05, 4.69) is 71.1 Å². The number of ether oxygens (including phenoxy) is 1. The number of rotatable bonds is 6. The molecular weight excluding hydrogens is 268 g/mol. The predicted octanol–water partition coefficient (Wildman–Crippen LogP) is 6.16. The van der Waals surface area contributed by atoms with Gasteiger partial charge in [-0.05, 0) is 51.0 Å². The molecule has 0 amide bonds. The molecule has 0 unspecified atom stereocenters. The third kappa shape index (κ3) is 6.19. The number of allylic oxidation sites excluding steroid dienone is 9. The van der Waals surface area contributed by atoms with Gasteiger partial charge in [0.15, 0.2) is 0 Å². The largest absolute Gasteiger partial charge is 0.381 e. The topological polar surface area (TPSA) is 9.23 Å². The Hall–Kier alpha value is -1.34. The molecule has 0 spiro atoms. The molecule has 1 aliphatic rings. The maximum absolute atomic E-state index is 5.03. The van der Waals surface area contributed by atoms with Gasteiger partial charge in [0.2, 0.25) is 0 Å². The fourth-order valence-corrected chi connectivity index (χ4v) is 2.92. The fourth-order valence-electron chi connectivity index (χ4n) is 2.92. The molecule has 1 heteroatoms. The predicted molar refractivity (Wildman–Crippen MR) is 98.0 cm³/mol. The SMILES string of the molecule is COCC=C(C)C=CC=C(C)C=CC1=C(C)CCCC1(C)C. The summed E-state index contributed by atoms with van der Waals surface area (Å²) < 4.78 is 5.03. The zero-order valence-electron chi connectivity index (χ0n) is 15.2. The van der Waals surface area contributed by atoms with Gasteiger partial charge in [0, 0.05) is 7.11 Å². The van der Waals surface area contributed by atoms with Crippen LogP contribution in [0.5, 0.6) is 0 Å². The minimum atomic E-state index is 0.314. The summed E-state index contributed by atoms with van der Waals surface area (Å²) in [7, 11) is 1.71. The first kappa shape index (κ1) is 18.7. The van der Waals surface area contributed by atoms with Crippen LogP contribution < -0.4 is 0 Å². The standard InChI is InChI=1S/C21H32O/c1-17(9-7-10-18(2)14-16-22-6)12-13-20-19(3)11-8-15-21(20,4)5/h7,9-10,12-14H,8,11,15-16H2,1-6H3. The molecule has 0 atom stereocenters. The quantitative estimate of drug-likeness (QED) is 0.533. The monoisotopic (exact) mass is 300 g/mol. The third-order valence-electron chi connectivity index (χ3n) is 4.35. The van der Waals surface area contributed by atoms with E-state index in [4.69, 9.17) is 4.74 Å². The van der Waals surface area contributed by atoms with Gasteiger partial charge in [-0.15, -0.1) is 0 Å². The molecule has 1 nitrogen and oxygen atoms in total. The lowest BCUT2D eigenvalue weighted by Gasteiger charge is -2.32. The Bertz CT molecular complexity index is 510. The molecule has 0 N–H and O–H groups in total. The molecule has 122 valence electrons. The molecule has 22 heavy (non-hydrogen) atoms. The van der Waals surface area contributed by atoms with Crippen molar-refractivity contribution in [1.82, 2.24) is 0 Å². The minimum absolute atomic E-state index is 0.314. The van der Waals surface area contributed by atoms with Crippen LogP contribution in [-0.4, -0.2) is 13.7 Å². The second-order valence-electron chi connectivity index (χ2n) is 6.94. The first-order valence-corrected chi connectivity index (χ1v) is 8.26. The van der Waals surface area contributed by atoms with E-state index in [1.165, 1.54) is 36.0 Å². The lowest BCUT2D eigenvalue weighted by Crippen LogP contribution is -2.19. The van der Waals surface area contributed by atoms with E-state index >= 15 is 0 Å². The van der Waals surface area contributed by atoms with Crippen molar-refractivity contribution in [2.24, 2.45) is 5.41 Å². The average Bonchev–Trinajstić information content (AvgIpc) is 2.43. The summed E-state index contributed by atoms with van der Waals surface area (Å²) in [6.45, 7) is 11.9. The highest BCUT2D eigenvalue weighted by atomic mass is 16.5. The van der Waals surface area contributed by atoms with E-state index in [9.17, 15) is 0 Å². The fraction of sp³-hybridized carbons (Fsp3) is 0.524. The van der Waals surface area contributed by atoms with Crippen molar-refractivity contribution in [2.45, 2.75) is 53.9 Å². The second kappa shape index (κ2) is 8.95. The molecule has 0 heterocycles. The summed E-state index contributed by atoms with van der Waals surface area (Å²) in [6.07, 6.45) is 16.9. The summed E-state index contributed by atoms with van der Waals surface area (Å²) >= 11 is 0. The Balaban J connectivity index is 2.73. The lowest BCUT2D eigenvalue weighted by atomic mass is 9.72. The molecule has 0 saturated heterocycles. The molecule has 0 radical (unpaired) electrons. The van der Waals surface area contributed by atoms with Crippen molar-refractivity contribution in [1.29, 1.82) is 0 Å². The highest BCUT2D eigenvalue weighted by molar-refractivity contribution is 5.37. The zero-order valence-corrected chi connectivity index (χ0v) is 15.2. The van der Waals surface area contributed by atoms with Crippen LogP contribution in [0, 0.1) is 5.41 Å². The van der Waals surface area contributed by atoms with Crippen molar-refractivity contribution < 1.29 is 4.74 Å². The second-order valence-corrected chi connectivity index (χ2v) is 6.94. The van der Waals surface area contributed by atoms with E-state index in [0.717, 1.165) is 0 Å². The van der Waals surface area contributed by atoms with Crippen LogP contribution in [0.15, 0.2) is 58.7 Å². The van der Waals surface area contributed by atoms with E-state index in [1.54, 1.807) is 12.7 Å². The molecule has 1 rings (SSSR count). The maximum Gasteiger partial charge on any atom is 0.0649 e. The molecule has 1 aliphatic carbocycles. The van der Waals surface area contributed by atoms with Crippen molar-refractivity contribution in [3.05, 3.63) is 58.7 Å². The maximum atomic E-state index is 5.03. The first-order chi connectivity index (χ1) is 10.4. The van der Waals surface area contributed by atoms with Crippen molar-refractivity contribution in [3.63, 3.8) is 0 Å². The average molecular weight is 300 g/mol. The van der Waals surface area contributed by atoms with Crippen molar-refractivity contribution in [3.8, 4) is 0 Å². The van der Waals surface area contributed by atoms with E-state index in [-0.39, 0.29) is 0 Å². The van der Waals surface area contributed by atoms with E-state index in [0.29, 0.717) is 12.0 Å². The van der Waals surface area contributed by atoms with Crippen LogP contribution >= 0.6 is 0 Å². The Kier molecular flexibility index (Phi) is 7.61. The summed E-state index contributed by atoms with van der Waals surface area (Å²) in [5.74, 6) is 0. The number of methoxy groups -OCH3 is 1. The molecule has 0 saturated carbocycles. The molecule has 0 aromatic carbocycles. The zero-order chi connectivity index (χ0) is 16.6. The van der Waals surface area contributed by atoms with Gasteiger partial charge in [0.25, 0.3) is 0 Å². The van der Waals surface area contributed by atoms with Gasteiger partial charge in [-0.2, -0.15) is 0 Å². The van der Waals surface area contributed by atoms with E-state index < -0.39 is 0 Å². The van der Waals surface area contributed by atoms with Gasteiger partial charge in [-0.3, -0.25) is 0 Å².